The van der Waals surface area contributed by atoms with Gasteiger partial charge in [-0.3, -0.25) is 0 Å². The number of guanidine groups is 1. The van der Waals surface area contributed by atoms with Crippen molar-refractivity contribution < 1.29 is 0 Å². The summed E-state index contributed by atoms with van der Waals surface area (Å²) in [7, 11) is 4.21. The van der Waals surface area contributed by atoms with Gasteiger partial charge in [-0.15, -0.1) is 0 Å². The second kappa shape index (κ2) is 4.56. The first-order valence-corrected chi connectivity index (χ1v) is 7.25. The first-order chi connectivity index (χ1) is 8.65. The molecule has 0 radical (unpaired) electrons. The number of nitrogens with zero attached hydrogens (tertiary/aromatic N) is 3. The van der Waals surface area contributed by atoms with Crippen molar-refractivity contribution in [2.24, 2.45) is 21.8 Å². The molecule has 0 saturated heterocycles. The molecule has 3 atom stereocenters. The molecule has 0 aromatic rings. The summed E-state index contributed by atoms with van der Waals surface area (Å²) in [4.78, 5) is 11.8. The molecule has 18 heavy (non-hydrogen) atoms. The van der Waals surface area contributed by atoms with Gasteiger partial charge in [0.05, 0.1) is 6.04 Å². The van der Waals surface area contributed by atoms with Gasteiger partial charge in [-0.25, -0.2) is 9.98 Å². The van der Waals surface area contributed by atoms with Crippen molar-refractivity contribution in [2.75, 3.05) is 14.1 Å². The topological polar surface area (TPSA) is 40.0 Å². The maximum absolute atomic E-state index is 4.89. The highest BCUT2D eigenvalue weighted by molar-refractivity contribution is 5.99. The molecular formula is C14H24N4. The molecule has 0 aromatic carbocycles. The molecule has 3 unspecified atom stereocenters. The molecule has 2 saturated carbocycles. The molecule has 0 spiro atoms. The van der Waals surface area contributed by atoms with Crippen LogP contribution in [0.25, 0.3) is 0 Å². The van der Waals surface area contributed by atoms with E-state index in [1.807, 2.05) is 0 Å². The molecule has 2 aliphatic carbocycles. The highest BCUT2D eigenvalue weighted by Crippen LogP contribution is 2.35. The summed E-state index contributed by atoms with van der Waals surface area (Å²) in [6.07, 6.45) is 6.41. The van der Waals surface area contributed by atoms with E-state index in [2.05, 4.69) is 31.2 Å². The maximum Gasteiger partial charge on any atom is 0.220 e. The van der Waals surface area contributed by atoms with Crippen molar-refractivity contribution >= 4 is 11.8 Å². The Morgan fingerprint density at radius 1 is 1.17 bits per heavy atom. The van der Waals surface area contributed by atoms with Crippen LogP contribution >= 0.6 is 0 Å². The highest BCUT2D eigenvalue weighted by Gasteiger charge is 2.38. The Labute approximate surface area is 110 Å². The standard InChI is InChI=1S/C14H24N4/c1-9-5-4-6-11-12(9)16-14(15-10-7-8-10)17-13(11)18(2)3/h9-12H,4-8H2,1-3H3,(H,15,16). The molecule has 100 valence electrons. The second-order valence-electron chi connectivity index (χ2n) is 6.24. The van der Waals surface area contributed by atoms with Gasteiger partial charge < -0.3 is 10.2 Å². The van der Waals surface area contributed by atoms with Crippen LogP contribution in [0.4, 0.5) is 0 Å². The number of fused-ring (bicyclic) bond motifs is 1. The lowest BCUT2D eigenvalue weighted by atomic mass is 9.76. The third kappa shape index (κ3) is 2.25. The van der Waals surface area contributed by atoms with Gasteiger partial charge in [0.1, 0.15) is 5.84 Å². The maximum atomic E-state index is 4.89. The monoisotopic (exact) mass is 248 g/mol. The molecular weight excluding hydrogens is 224 g/mol. The Kier molecular flexibility index (Phi) is 3.04. The lowest BCUT2D eigenvalue weighted by Gasteiger charge is -2.39. The average molecular weight is 248 g/mol. The lowest BCUT2D eigenvalue weighted by molar-refractivity contribution is 0.272. The molecule has 4 heteroatoms. The molecule has 1 heterocycles. The predicted octanol–water partition coefficient (Wildman–Crippen LogP) is 1.87. The Morgan fingerprint density at radius 2 is 1.94 bits per heavy atom. The fourth-order valence-electron chi connectivity index (χ4n) is 3.17. The van der Waals surface area contributed by atoms with Crippen LogP contribution in [0.1, 0.15) is 39.0 Å². The minimum Gasteiger partial charge on any atom is -0.366 e. The quantitative estimate of drug-likeness (QED) is 0.769. The average Bonchev–Trinajstić information content (AvgIpc) is 3.13. The normalized spacial score (nSPS) is 35.4. The number of amidine groups is 1. The van der Waals surface area contributed by atoms with Gasteiger partial charge in [-0.05, 0) is 31.6 Å². The van der Waals surface area contributed by atoms with Gasteiger partial charge >= 0.3 is 0 Å². The van der Waals surface area contributed by atoms with Gasteiger partial charge in [-0.1, -0.05) is 13.3 Å². The Hall–Kier alpha value is -1.06. The third-order valence-corrected chi connectivity index (χ3v) is 4.36. The van der Waals surface area contributed by atoms with Crippen LogP contribution in [-0.4, -0.2) is 42.9 Å². The number of nitrogens with one attached hydrogen (secondary N) is 1. The van der Waals surface area contributed by atoms with E-state index >= 15 is 0 Å². The smallest absolute Gasteiger partial charge is 0.220 e. The molecule has 0 amide bonds. The van der Waals surface area contributed by atoms with Crippen LogP contribution in [0.5, 0.6) is 0 Å². The summed E-state index contributed by atoms with van der Waals surface area (Å²) >= 11 is 0. The summed E-state index contributed by atoms with van der Waals surface area (Å²) in [5, 5.41) is 3.47. The van der Waals surface area contributed by atoms with Crippen molar-refractivity contribution in [3.05, 3.63) is 0 Å². The van der Waals surface area contributed by atoms with E-state index in [0.717, 1.165) is 5.96 Å². The molecule has 3 aliphatic rings. The Morgan fingerprint density at radius 3 is 2.61 bits per heavy atom. The van der Waals surface area contributed by atoms with Crippen LogP contribution in [0.2, 0.25) is 0 Å². The minimum absolute atomic E-state index is 0.440. The summed E-state index contributed by atoms with van der Waals surface area (Å²) < 4.78 is 0. The summed E-state index contributed by atoms with van der Waals surface area (Å²) in [6, 6.07) is 1.07. The van der Waals surface area contributed by atoms with Crippen LogP contribution in [0.3, 0.4) is 0 Å². The molecule has 2 fully saturated rings. The van der Waals surface area contributed by atoms with Gasteiger partial charge in [0.25, 0.3) is 0 Å². The van der Waals surface area contributed by atoms with Crippen LogP contribution < -0.4 is 5.32 Å². The Balaban J connectivity index is 1.85. The molecule has 0 bridgehead atoms. The molecule has 4 nitrogen and oxygen atoms in total. The van der Waals surface area contributed by atoms with Gasteiger partial charge in [-0.2, -0.15) is 0 Å². The number of aliphatic imine (C=N–C) groups is 2. The first-order valence-electron chi connectivity index (χ1n) is 7.25. The zero-order valence-electron chi connectivity index (χ0n) is 11.7. The fourth-order valence-corrected chi connectivity index (χ4v) is 3.17. The van der Waals surface area contributed by atoms with Crippen molar-refractivity contribution in [3.63, 3.8) is 0 Å². The Bertz CT molecular complexity index is 381. The molecule has 1 N–H and O–H groups in total. The zero-order chi connectivity index (χ0) is 12.7. The van der Waals surface area contributed by atoms with E-state index in [4.69, 9.17) is 9.98 Å². The highest BCUT2D eigenvalue weighted by atomic mass is 15.3. The van der Waals surface area contributed by atoms with E-state index in [9.17, 15) is 0 Å². The fraction of sp³-hybridized carbons (Fsp3) is 0.857. The van der Waals surface area contributed by atoms with E-state index in [0.29, 0.717) is 23.9 Å². The van der Waals surface area contributed by atoms with E-state index in [1.54, 1.807) is 0 Å². The summed E-state index contributed by atoms with van der Waals surface area (Å²) in [6.45, 7) is 2.34. The SMILES string of the molecule is CC1CCCC2C(N(C)C)=NC(NC3CC3)=NC12. The molecule has 0 aromatic heterocycles. The van der Waals surface area contributed by atoms with Crippen molar-refractivity contribution in [1.82, 2.24) is 10.2 Å². The summed E-state index contributed by atoms with van der Waals surface area (Å²) in [5.74, 6) is 3.33. The van der Waals surface area contributed by atoms with Crippen LogP contribution in [-0.2, 0) is 0 Å². The van der Waals surface area contributed by atoms with E-state index < -0.39 is 0 Å². The van der Waals surface area contributed by atoms with Crippen molar-refractivity contribution in [3.8, 4) is 0 Å². The van der Waals surface area contributed by atoms with Crippen molar-refractivity contribution in [2.45, 2.75) is 51.1 Å². The van der Waals surface area contributed by atoms with Gasteiger partial charge in [0.2, 0.25) is 5.96 Å². The third-order valence-electron chi connectivity index (χ3n) is 4.36. The zero-order valence-corrected chi connectivity index (χ0v) is 11.7. The van der Waals surface area contributed by atoms with Gasteiger partial charge in [0, 0.05) is 26.1 Å². The summed E-state index contributed by atoms with van der Waals surface area (Å²) in [5.41, 5.74) is 0. The number of rotatable bonds is 1. The molecule has 1 aliphatic heterocycles. The number of hydrogen-bond acceptors (Lipinski definition) is 4. The minimum atomic E-state index is 0.440. The van der Waals surface area contributed by atoms with E-state index in [1.165, 1.54) is 37.9 Å². The molecule has 3 rings (SSSR count). The van der Waals surface area contributed by atoms with Crippen molar-refractivity contribution in [1.29, 1.82) is 0 Å². The van der Waals surface area contributed by atoms with Gasteiger partial charge in [0.15, 0.2) is 0 Å². The largest absolute Gasteiger partial charge is 0.366 e. The van der Waals surface area contributed by atoms with Crippen LogP contribution in [0, 0.1) is 11.8 Å². The first kappa shape index (κ1) is 12.0. The number of hydrogen-bond donors (Lipinski definition) is 1. The second-order valence-corrected chi connectivity index (χ2v) is 6.24. The van der Waals surface area contributed by atoms with Crippen LogP contribution in [0.15, 0.2) is 9.98 Å². The van der Waals surface area contributed by atoms with E-state index in [-0.39, 0.29) is 0 Å². The lowest BCUT2D eigenvalue weighted by Crippen LogP contribution is -2.46. The predicted molar refractivity (Wildman–Crippen MR) is 75.0 cm³/mol.